The molecular weight excluding hydrogens is 336 g/mol. The first-order chi connectivity index (χ1) is 13.0. The van der Waals surface area contributed by atoms with Crippen LogP contribution in [0.15, 0.2) is 48.5 Å². The maximum atomic E-state index is 13.4. The largest absolute Gasteiger partial charge is 0.391 e. The van der Waals surface area contributed by atoms with Gasteiger partial charge >= 0.3 is 0 Å². The molecule has 1 saturated carbocycles. The van der Waals surface area contributed by atoms with Crippen LogP contribution in [0.5, 0.6) is 0 Å². The molecule has 0 unspecified atom stereocenters. The first kappa shape index (κ1) is 17.8. The van der Waals surface area contributed by atoms with Crippen LogP contribution in [0.4, 0.5) is 0 Å². The van der Waals surface area contributed by atoms with Gasteiger partial charge in [-0.1, -0.05) is 36.4 Å². The molecule has 2 aliphatic carbocycles. The second-order valence-electron chi connectivity index (χ2n) is 8.04. The number of nitrogens with zero attached hydrogens (tertiary/aromatic N) is 1. The lowest BCUT2D eigenvalue weighted by Gasteiger charge is -2.33. The zero-order valence-electron chi connectivity index (χ0n) is 15.5. The fraction of sp³-hybridized carbons (Fsp3) is 0.391. The molecule has 4 nitrogen and oxygen atoms in total. The molecule has 4 heteroatoms. The quantitative estimate of drug-likeness (QED) is 0.882. The van der Waals surface area contributed by atoms with E-state index in [0.717, 1.165) is 36.0 Å². The van der Waals surface area contributed by atoms with Crippen molar-refractivity contribution in [3.63, 3.8) is 0 Å². The van der Waals surface area contributed by atoms with Gasteiger partial charge in [0.1, 0.15) is 0 Å². The van der Waals surface area contributed by atoms with E-state index in [9.17, 15) is 15.2 Å². The molecule has 4 atom stereocenters. The average molecular weight is 360 g/mol. The maximum Gasteiger partial charge on any atom is 0.227 e. The second kappa shape index (κ2) is 6.83. The minimum absolute atomic E-state index is 0.0167. The highest BCUT2D eigenvalue weighted by Gasteiger charge is 2.49. The van der Waals surface area contributed by atoms with Crippen LogP contribution in [0, 0.1) is 16.7 Å². The van der Waals surface area contributed by atoms with E-state index in [1.807, 2.05) is 43.3 Å². The molecule has 0 spiro atoms. The summed E-state index contributed by atoms with van der Waals surface area (Å²) < 4.78 is 0. The minimum Gasteiger partial charge on any atom is -0.391 e. The number of carbonyl (C=O) groups is 1. The van der Waals surface area contributed by atoms with E-state index >= 15 is 0 Å². The number of carbonyl (C=O) groups excluding carboxylic acids is 1. The van der Waals surface area contributed by atoms with Gasteiger partial charge in [0.05, 0.1) is 29.2 Å². The van der Waals surface area contributed by atoms with Gasteiger partial charge in [0.25, 0.3) is 0 Å². The molecule has 0 aromatic heterocycles. The van der Waals surface area contributed by atoms with Crippen molar-refractivity contribution in [2.45, 2.75) is 50.7 Å². The Morgan fingerprint density at radius 3 is 2.67 bits per heavy atom. The molecular formula is C23H24N2O2. The van der Waals surface area contributed by atoms with Gasteiger partial charge in [0, 0.05) is 5.92 Å². The highest BCUT2D eigenvalue weighted by Crippen LogP contribution is 2.51. The molecule has 2 aliphatic rings. The molecule has 0 aliphatic heterocycles. The molecule has 0 saturated heterocycles. The molecule has 2 aromatic carbocycles. The normalized spacial score (nSPS) is 29.1. The molecule has 4 rings (SSSR count). The zero-order chi connectivity index (χ0) is 19.0. The summed E-state index contributed by atoms with van der Waals surface area (Å²) in [6.45, 7) is 2.01. The number of amides is 1. The van der Waals surface area contributed by atoms with Crippen LogP contribution < -0.4 is 5.32 Å². The zero-order valence-corrected chi connectivity index (χ0v) is 15.5. The summed E-state index contributed by atoms with van der Waals surface area (Å²) in [5.41, 5.74) is 3.22. The summed E-state index contributed by atoms with van der Waals surface area (Å²) in [5.74, 6) is -0.127. The van der Waals surface area contributed by atoms with Crippen LogP contribution in [0.3, 0.4) is 0 Å². The van der Waals surface area contributed by atoms with Gasteiger partial charge in [0.15, 0.2) is 0 Å². The molecule has 0 heterocycles. The highest BCUT2D eigenvalue weighted by molar-refractivity contribution is 5.86. The molecule has 2 N–H and O–H groups in total. The third kappa shape index (κ3) is 3.02. The predicted octanol–water partition coefficient (Wildman–Crippen LogP) is 3.28. The van der Waals surface area contributed by atoms with Crippen molar-refractivity contribution in [3.8, 4) is 6.07 Å². The monoisotopic (exact) mass is 360 g/mol. The van der Waals surface area contributed by atoms with Gasteiger partial charge < -0.3 is 10.4 Å². The lowest BCUT2D eigenvalue weighted by molar-refractivity contribution is -0.131. The number of benzene rings is 2. The second-order valence-corrected chi connectivity index (χ2v) is 8.04. The van der Waals surface area contributed by atoms with Crippen molar-refractivity contribution in [3.05, 3.63) is 70.8 Å². The third-order valence-corrected chi connectivity index (χ3v) is 6.23. The maximum absolute atomic E-state index is 13.4. The predicted molar refractivity (Wildman–Crippen MR) is 103 cm³/mol. The van der Waals surface area contributed by atoms with Crippen LogP contribution >= 0.6 is 0 Å². The first-order valence-corrected chi connectivity index (χ1v) is 9.60. The lowest BCUT2D eigenvalue weighted by atomic mass is 9.73. The molecule has 2 aromatic rings. The van der Waals surface area contributed by atoms with Crippen LogP contribution in [0.2, 0.25) is 0 Å². The number of rotatable bonds is 3. The number of aliphatic hydroxyl groups excluding tert-OH is 1. The van der Waals surface area contributed by atoms with E-state index in [2.05, 4.69) is 23.5 Å². The van der Waals surface area contributed by atoms with Crippen molar-refractivity contribution in [1.82, 2.24) is 5.32 Å². The van der Waals surface area contributed by atoms with E-state index in [1.165, 1.54) is 0 Å². The van der Waals surface area contributed by atoms with Gasteiger partial charge in [-0.15, -0.1) is 0 Å². The Hall–Kier alpha value is -2.64. The Balaban J connectivity index is 1.74. The summed E-state index contributed by atoms with van der Waals surface area (Å²) >= 11 is 0. The third-order valence-electron chi connectivity index (χ3n) is 6.23. The van der Waals surface area contributed by atoms with Crippen LogP contribution in [0.1, 0.15) is 54.4 Å². The number of nitrogens with one attached hydrogen (secondary N) is 1. The van der Waals surface area contributed by atoms with Crippen molar-refractivity contribution < 1.29 is 9.90 Å². The Bertz CT molecular complexity index is 902. The van der Waals surface area contributed by atoms with Gasteiger partial charge in [-0.25, -0.2) is 0 Å². The summed E-state index contributed by atoms with van der Waals surface area (Å²) in [6.07, 6.45) is 2.68. The SMILES string of the molecule is C[C@@]1(C(=O)N[C@H]2CCC[C@@H]2O)Cc2ccc(C#N)cc2[C@@H]1c1ccccc1. The smallest absolute Gasteiger partial charge is 0.227 e. The Morgan fingerprint density at radius 1 is 1.22 bits per heavy atom. The molecule has 1 fully saturated rings. The van der Waals surface area contributed by atoms with Crippen LogP contribution in [-0.2, 0) is 11.2 Å². The summed E-state index contributed by atoms with van der Waals surface area (Å²) in [6, 6.07) is 17.8. The van der Waals surface area contributed by atoms with Crippen molar-refractivity contribution in [2.24, 2.45) is 5.41 Å². The van der Waals surface area contributed by atoms with E-state index in [-0.39, 0.29) is 17.9 Å². The number of hydrogen-bond donors (Lipinski definition) is 2. The fourth-order valence-electron chi connectivity index (χ4n) is 4.78. The molecule has 1 amide bonds. The Kier molecular flexibility index (Phi) is 4.49. The summed E-state index contributed by atoms with van der Waals surface area (Å²) in [7, 11) is 0. The van der Waals surface area contributed by atoms with E-state index in [0.29, 0.717) is 12.0 Å². The Morgan fingerprint density at radius 2 is 2.00 bits per heavy atom. The first-order valence-electron chi connectivity index (χ1n) is 9.60. The van der Waals surface area contributed by atoms with Gasteiger partial charge in [-0.3, -0.25) is 4.79 Å². The average Bonchev–Trinajstić information content (AvgIpc) is 3.22. The van der Waals surface area contributed by atoms with Crippen LogP contribution in [-0.4, -0.2) is 23.2 Å². The molecule has 27 heavy (non-hydrogen) atoms. The van der Waals surface area contributed by atoms with Gasteiger partial charge in [-0.05, 0) is 61.4 Å². The highest BCUT2D eigenvalue weighted by atomic mass is 16.3. The summed E-state index contributed by atoms with van der Waals surface area (Å²) in [4.78, 5) is 13.4. The van der Waals surface area contributed by atoms with Gasteiger partial charge in [0.2, 0.25) is 5.91 Å². The standard InChI is InChI=1S/C23H24N2O2/c1-23(22(27)25-19-8-5-9-20(19)26)13-17-11-10-15(14-24)12-18(17)21(23)16-6-3-2-4-7-16/h2-4,6-7,10-12,19-21,26H,5,8-9,13H2,1H3,(H,25,27)/t19-,20-,21-,23+/m0/s1. The fourth-order valence-corrected chi connectivity index (χ4v) is 4.78. The molecule has 0 radical (unpaired) electrons. The van der Waals surface area contributed by atoms with Crippen molar-refractivity contribution >= 4 is 5.91 Å². The Labute approximate surface area is 159 Å². The van der Waals surface area contributed by atoms with E-state index in [4.69, 9.17) is 0 Å². The molecule has 0 bridgehead atoms. The van der Waals surface area contributed by atoms with Crippen LogP contribution in [0.25, 0.3) is 0 Å². The number of nitriles is 1. The summed E-state index contributed by atoms with van der Waals surface area (Å²) in [5, 5.41) is 22.6. The lowest BCUT2D eigenvalue weighted by Crippen LogP contribution is -2.48. The van der Waals surface area contributed by atoms with Crippen molar-refractivity contribution in [1.29, 1.82) is 5.26 Å². The molecule has 138 valence electrons. The van der Waals surface area contributed by atoms with E-state index < -0.39 is 11.5 Å². The van der Waals surface area contributed by atoms with Gasteiger partial charge in [-0.2, -0.15) is 5.26 Å². The van der Waals surface area contributed by atoms with E-state index in [1.54, 1.807) is 0 Å². The van der Waals surface area contributed by atoms with Crippen molar-refractivity contribution in [2.75, 3.05) is 0 Å². The number of aliphatic hydroxyl groups is 1. The number of hydrogen-bond acceptors (Lipinski definition) is 3. The number of fused-ring (bicyclic) bond motifs is 1. The topological polar surface area (TPSA) is 73.1 Å². The minimum atomic E-state index is -0.653.